The van der Waals surface area contributed by atoms with Gasteiger partial charge in [-0.05, 0) is 32.6 Å². The molecule has 1 rings (SSSR count). The molecule has 0 unspecified atom stereocenters. The molecule has 0 aliphatic carbocycles. The van der Waals surface area contributed by atoms with E-state index in [1.54, 1.807) is 0 Å². The monoisotopic (exact) mass is 240 g/mol. The number of hydrogen-bond acceptors (Lipinski definition) is 2. The van der Waals surface area contributed by atoms with Crippen LogP contribution in [0.25, 0.3) is 0 Å². The molecule has 2 amide bonds. The predicted molar refractivity (Wildman–Crippen MR) is 67.6 cm³/mol. The molecule has 98 valence electrons. The lowest BCUT2D eigenvalue weighted by Gasteiger charge is -2.21. The van der Waals surface area contributed by atoms with E-state index in [0.29, 0.717) is 18.4 Å². The van der Waals surface area contributed by atoms with Gasteiger partial charge < -0.3 is 10.2 Å². The minimum absolute atomic E-state index is 0.0203. The maximum atomic E-state index is 11.9. The molecule has 0 saturated carbocycles. The smallest absolute Gasteiger partial charge is 0.222 e. The summed E-state index contributed by atoms with van der Waals surface area (Å²) in [5.41, 5.74) is 0. The van der Waals surface area contributed by atoms with Crippen molar-refractivity contribution in [2.24, 2.45) is 0 Å². The fourth-order valence-corrected chi connectivity index (χ4v) is 2.29. The number of carbonyl (C=O) groups excluding carboxylic acids is 2. The summed E-state index contributed by atoms with van der Waals surface area (Å²) < 4.78 is 0. The van der Waals surface area contributed by atoms with Crippen LogP contribution < -0.4 is 5.32 Å². The van der Waals surface area contributed by atoms with Crippen LogP contribution in [0.15, 0.2) is 0 Å². The second-order valence-corrected chi connectivity index (χ2v) is 4.87. The molecule has 1 fully saturated rings. The average molecular weight is 240 g/mol. The van der Waals surface area contributed by atoms with Gasteiger partial charge in [-0.15, -0.1) is 0 Å². The molecule has 0 aromatic heterocycles. The summed E-state index contributed by atoms with van der Waals surface area (Å²) in [6, 6.07) is 0.432. The first-order chi connectivity index (χ1) is 8.11. The Hall–Kier alpha value is -1.06. The number of unbranched alkanes of at least 4 members (excludes halogenated alkanes) is 2. The molecular weight excluding hydrogens is 216 g/mol. The maximum absolute atomic E-state index is 11.9. The van der Waals surface area contributed by atoms with E-state index in [9.17, 15) is 9.59 Å². The van der Waals surface area contributed by atoms with Crippen LogP contribution >= 0.6 is 0 Å². The van der Waals surface area contributed by atoms with Crippen molar-refractivity contribution in [3.63, 3.8) is 0 Å². The zero-order valence-electron chi connectivity index (χ0n) is 11.0. The normalized spacial score (nSPS) is 19.4. The molecule has 1 N–H and O–H groups in total. The van der Waals surface area contributed by atoms with Gasteiger partial charge in [0.25, 0.3) is 0 Å². The van der Waals surface area contributed by atoms with E-state index in [2.05, 4.69) is 12.2 Å². The van der Waals surface area contributed by atoms with Crippen LogP contribution in [-0.2, 0) is 9.59 Å². The predicted octanol–water partition coefficient (Wildman–Crippen LogP) is 1.69. The minimum atomic E-state index is 0.0203. The lowest BCUT2D eigenvalue weighted by Crippen LogP contribution is -2.33. The highest BCUT2D eigenvalue weighted by atomic mass is 16.2. The van der Waals surface area contributed by atoms with Gasteiger partial charge in [0.1, 0.15) is 0 Å². The van der Waals surface area contributed by atoms with E-state index in [4.69, 9.17) is 0 Å². The molecule has 17 heavy (non-hydrogen) atoms. The van der Waals surface area contributed by atoms with Gasteiger partial charge >= 0.3 is 0 Å². The number of nitrogens with zero attached hydrogens (tertiary/aromatic N) is 1. The number of hydrogen-bond donors (Lipinski definition) is 1. The second kappa shape index (κ2) is 7.30. The molecule has 0 spiro atoms. The van der Waals surface area contributed by atoms with Crippen LogP contribution in [-0.4, -0.2) is 35.8 Å². The molecule has 1 heterocycles. The third-order valence-electron chi connectivity index (χ3n) is 3.31. The fourth-order valence-electron chi connectivity index (χ4n) is 2.29. The SMILES string of the molecule is CC(=O)NCCCCCC(=O)N1CCC[C@H]1C. The Labute approximate surface area is 104 Å². The van der Waals surface area contributed by atoms with Gasteiger partial charge in [-0.25, -0.2) is 0 Å². The van der Waals surface area contributed by atoms with Crippen molar-refractivity contribution in [1.82, 2.24) is 10.2 Å². The summed E-state index contributed by atoms with van der Waals surface area (Å²) in [4.78, 5) is 24.5. The van der Waals surface area contributed by atoms with Crippen LogP contribution in [0.5, 0.6) is 0 Å². The summed E-state index contributed by atoms with van der Waals surface area (Å²) in [5.74, 6) is 0.321. The van der Waals surface area contributed by atoms with Gasteiger partial charge in [0.2, 0.25) is 11.8 Å². The largest absolute Gasteiger partial charge is 0.356 e. The average Bonchev–Trinajstić information content (AvgIpc) is 2.69. The van der Waals surface area contributed by atoms with Crippen molar-refractivity contribution in [1.29, 1.82) is 0 Å². The molecule has 1 saturated heterocycles. The van der Waals surface area contributed by atoms with Crippen LogP contribution in [0, 0.1) is 0 Å². The number of rotatable bonds is 6. The molecule has 0 bridgehead atoms. The topological polar surface area (TPSA) is 49.4 Å². The summed E-state index contributed by atoms with van der Waals surface area (Å²) in [6.45, 7) is 5.31. The Morgan fingerprint density at radius 2 is 2.06 bits per heavy atom. The summed E-state index contributed by atoms with van der Waals surface area (Å²) in [7, 11) is 0. The van der Waals surface area contributed by atoms with E-state index < -0.39 is 0 Å². The Kier molecular flexibility index (Phi) is 6.01. The fraction of sp³-hybridized carbons (Fsp3) is 0.846. The molecule has 1 aliphatic rings. The first-order valence-corrected chi connectivity index (χ1v) is 6.65. The Balaban J connectivity index is 2.02. The number of likely N-dealkylation sites (tertiary alicyclic amines) is 1. The molecule has 0 aromatic rings. The minimum Gasteiger partial charge on any atom is -0.356 e. The van der Waals surface area contributed by atoms with E-state index in [0.717, 1.165) is 45.2 Å². The van der Waals surface area contributed by atoms with Gasteiger partial charge in [-0.2, -0.15) is 0 Å². The van der Waals surface area contributed by atoms with Crippen molar-refractivity contribution in [2.45, 2.75) is 58.4 Å². The molecule has 1 atom stereocenters. The van der Waals surface area contributed by atoms with Crippen LogP contribution in [0.4, 0.5) is 0 Å². The molecule has 1 aliphatic heterocycles. The third-order valence-corrected chi connectivity index (χ3v) is 3.31. The first kappa shape index (κ1) is 14.0. The van der Waals surface area contributed by atoms with E-state index in [1.807, 2.05) is 4.90 Å². The Morgan fingerprint density at radius 3 is 2.65 bits per heavy atom. The Bertz CT molecular complexity index is 266. The van der Waals surface area contributed by atoms with Gasteiger partial charge in [-0.1, -0.05) is 6.42 Å². The van der Waals surface area contributed by atoms with E-state index in [-0.39, 0.29) is 5.91 Å². The summed E-state index contributed by atoms with van der Waals surface area (Å²) in [5, 5.41) is 2.76. The van der Waals surface area contributed by atoms with Crippen LogP contribution in [0.1, 0.15) is 52.4 Å². The van der Waals surface area contributed by atoms with Crippen molar-refractivity contribution in [2.75, 3.05) is 13.1 Å². The quantitative estimate of drug-likeness (QED) is 0.718. The second-order valence-electron chi connectivity index (χ2n) is 4.87. The van der Waals surface area contributed by atoms with E-state index >= 15 is 0 Å². The van der Waals surface area contributed by atoms with Gasteiger partial charge in [0.05, 0.1) is 0 Å². The molecule has 0 radical (unpaired) electrons. The molecular formula is C13H24N2O2. The van der Waals surface area contributed by atoms with Crippen LogP contribution in [0.2, 0.25) is 0 Å². The number of carbonyl (C=O) groups is 2. The van der Waals surface area contributed by atoms with Crippen molar-refractivity contribution in [3.05, 3.63) is 0 Å². The van der Waals surface area contributed by atoms with Gasteiger partial charge in [-0.3, -0.25) is 9.59 Å². The first-order valence-electron chi connectivity index (χ1n) is 6.65. The highest BCUT2D eigenvalue weighted by Crippen LogP contribution is 2.18. The molecule has 0 aromatic carbocycles. The maximum Gasteiger partial charge on any atom is 0.222 e. The lowest BCUT2D eigenvalue weighted by atomic mass is 10.1. The van der Waals surface area contributed by atoms with Crippen LogP contribution in [0.3, 0.4) is 0 Å². The molecule has 4 heteroatoms. The van der Waals surface area contributed by atoms with Gasteiger partial charge in [0.15, 0.2) is 0 Å². The lowest BCUT2D eigenvalue weighted by molar-refractivity contribution is -0.131. The van der Waals surface area contributed by atoms with Crippen molar-refractivity contribution in [3.8, 4) is 0 Å². The summed E-state index contributed by atoms with van der Waals surface area (Å²) in [6.07, 6.45) is 5.85. The highest BCUT2D eigenvalue weighted by molar-refractivity contribution is 5.76. The highest BCUT2D eigenvalue weighted by Gasteiger charge is 2.24. The Morgan fingerprint density at radius 1 is 1.29 bits per heavy atom. The summed E-state index contributed by atoms with van der Waals surface area (Å²) >= 11 is 0. The van der Waals surface area contributed by atoms with Crippen molar-refractivity contribution < 1.29 is 9.59 Å². The van der Waals surface area contributed by atoms with Crippen molar-refractivity contribution >= 4 is 11.8 Å². The zero-order chi connectivity index (χ0) is 12.7. The standard InChI is InChI=1S/C13H24N2O2/c1-11-7-6-10-15(11)13(17)8-4-3-5-9-14-12(2)16/h11H,3-10H2,1-2H3,(H,14,16)/t11-/m1/s1. The third kappa shape index (κ3) is 5.20. The molecule has 4 nitrogen and oxygen atoms in total. The number of amides is 2. The van der Waals surface area contributed by atoms with E-state index in [1.165, 1.54) is 6.92 Å². The van der Waals surface area contributed by atoms with Gasteiger partial charge in [0, 0.05) is 32.5 Å². The number of nitrogens with one attached hydrogen (secondary N) is 1. The zero-order valence-corrected chi connectivity index (χ0v) is 11.0.